The molecule has 13 nitrogen and oxygen atoms in total. The molecular formula is C20H36N6O7S. The van der Waals surface area contributed by atoms with Crippen molar-refractivity contribution in [2.45, 2.75) is 70.1 Å². The molecule has 0 radical (unpaired) electrons. The molecule has 0 saturated heterocycles. The van der Waals surface area contributed by atoms with Gasteiger partial charge in [0.15, 0.2) is 0 Å². The van der Waals surface area contributed by atoms with Crippen molar-refractivity contribution in [1.29, 1.82) is 0 Å². The zero-order valence-electron chi connectivity index (χ0n) is 19.7. The van der Waals surface area contributed by atoms with Gasteiger partial charge in [-0.1, -0.05) is 20.3 Å². The van der Waals surface area contributed by atoms with Crippen molar-refractivity contribution in [2.24, 2.45) is 23.1 Å². The molecule has 34 heavy (non-hydrogen) atoms. The summed E-state index contributed by atoms with van der Waals surface area (Å²) in [7, 11) is 0. The minimum atomic E-state index is -1.51. The fourth-order valence-electron chi connectivity index (χ4n) is 2.83. The van der Waals surface area contributed by atoms with Crippen LogP contribution in [-0.4, -0.2) is 76.8 Å². The second-order valence-corrected chi connectivity index (χ2v) is 8.88. The van der Waals surface area contributed by atoms with Gasteiger partial charge < -0.3 is 38.3 Å². The molecule has 0 aliphatic heterocycles. The van der Waals surface area contributed by atoms with E-state index in [0.717, 1.165) is 0 Å². The lowest BCUT2D eigenvalue weighted by Crippen LogP contribution is -2.58. The van der Waals surface area contributed by atoms with E-state index in [9.17, 15) is 33.9 Å². The van der Waals surface area contributed by atoms with E-state index < -0.39 is 72.0 Å². The van der Waals surface area contributed by atoms with E-state index in [1.807, 2.05) is 6.26 Å². The highest BCUT2D eigenvalue weighted by Gasteiger charge is 2.32. The van der Waals surface area contributed by atoms with Crippen molar-refractivity contribution in [3.63, 3.8) is 0 Å². The molecule has 0 saturated carbocycles. The molecule has 10 N–H and O–H groups in total. The lowest BCUT2D eigenvalue weighted by atomic mass is 9.98. The van der Waals surface area contributed by atoms with Crippen molar-refractivity contribution < 1.29 is 33.9 Å². The highest BCUT2D eigenvalue weighted by Crippen LogP contribution is 2.09. The minimum Gasteiger partial charge on any atom is -0.480 e. The molecule has 5 atom stereocenters. The molecule has 0 heterocycles. The molecule has 0 spiro atoms. The molecule has 0 aliphatic carbocycles. The van der Waals surface area contributed by atoms with Gasteiger partial charge in [-0.3, -0.25) is 24.0 Å². The lowest BCUT2D eigenvalue weighted by Gasteiger charge is -2.26. The molecule has 0 bridgehead atoms. The molecule has 14 heteroatoms. The number of rotatable bonds is 17. The van der Waals surface area contributed by atoms with Gasteiger partial charge in [0, 0.05) is 6.42 Å². The van der Waals surface area contributed by atoms with Gasteiger partial charge in [0.25, 0.3) is 0 Å². The number of hydrogen-bond donors (Lipinski definition) is 7. The number of primary amides is 2. The first kappa shape index (κ1) is 31.1. The SMILES string of the molecule is CCC(C)C(NC(=O)C(CC(N)=O)NC(=O)C(CCC(N)=O)NC(=O)C(N)CCSC)C(=O)O. The molecule has 194 valence electrons. The van der Waals surface area contributed by atoms with Crippen LogP contribution in [0.25, 0.3) is 0 Å². The summed E-state index contributed by atoms with van der Waals surface area (Å²) < 4.78 is 0. The van der Waals surface area contributed by atoms with E-state index in [2.05, 4.69) is 16.0 Å². The molecule has 0 fully saturated rings. The Bertz CT molecular complexity index is 751. The predicted molar refractivity (Wildman–Crippen MR) is 126 cm³/mol. The van der Waals surface area contributed by atoms with Gasteiger partial charge in [-0.25, -0.2) is 4.79 Å². The van der Waals surface area contributed by atoms with Crippen molar-refractivity contribution in [3.8, 4) is 0 Å². The number of carboxylic acids is 1. The summed E-state index contributed by atoms with van der Waals surface area (Å²) in [5.74, 6) is -5.21. The number of amides is 5. The molecule has 5 amide bonds. The Morgan fingerprint density at radius 3 is 1.91 bits per heavy atom. The fourth-order valence-corrected chi connectivity index (χ4v) is 3.32. The lowest BCUT2D eigenvalue weighted by molar-refractivity contribution is -0.144. The molecule has 0 aliphatic rings. The average Bonchev–Trinajstić information content (AvgIpc) is 2.76. The van der Waals surface area contributed by atoms with Crippen LogP contribution in [0, 0.1) is 5.92 Å². The number of carbonyl (C=O) groups excluding carboxylic acids is 5. The van der Waals surface area contributed by atoms with Crippen molar-refractivity contribution >= 4 is 47.3 Å². The summed E-state index contributed by atoms with van der Waals surface area (Å²) in [6.45, 7) is 3.36. The van der Waals surface area contributed by atoms with Gasteiger partial charge in [-0.15, -0.1) is 0 Å². The Morgan fingerprint density at radius 1 is 0.882 bits per heavy atom. The van der Waals surface area contributed by atoms with Gasteiger partial charge in [0.1, 0.15) is 18.1 Å². The van der Waals surface area contributed by atoms with Crippen LogP contribution < -0.4 is 33.2 Å². The molecule has 0 aromatic rings. The number of carbonyl (C=O) groups is 6. The molecule has 0 aromatic carbocycles. The zero-order chi connectivity index (χ0) is 26.4. The first-order valence-corrected chi connectivity index (χ1v) is 12.2. The molecule has 5 unspecified atom stereocenters. The van der Waals surface area contributed by atoms with Crippen LogP contribution >= 0.6 is 11.8 Å². The molecule has 0 rings (SSSR count). The molecule has 0 aromatic heterocycles. The predicted octanol–water partition coefficient (Wildman–Crippen LogP) is -2.21. The smallest absolute Gasteiger partial charge is 0.326 e. The summed E-state index contributed by atoms with van der Waals surface area (Å²) in [5.41, 5.74) is 16.2. The number of nitrogens with one attached hydrogen (secondary N) is 3. The van der Waals surface area contributed by atoms with Crippen LogP contribution in [0.15, 0.2) is 0 Å². The second-order valence-electron chi connectivity index (χ2n) is 7.90. The summed E-state index contributed by atoms with van der Waals surface area (Å²) in [6, 6.07) is -4.96. The van der Waals surface area contributed by atoms with Gasteiger partial charge in [-0.2, -0.15) is 11.8 Å². The van der Waals surface area contributed by atoms with E-state index in [1.165, 1.54) is 11.8 Å². The van der Waals surface area contributed by atoms with Gasteiger partial charge in [-0.05, 0) is 30.8 Å². The number of thioether (sulfide) groups is 1. The maximum Gasteiger partial charge on any atom is 0.326 e. The standard InChI is InChI=1S/C20H36N6O7S/c1-4-10(2)16(20(32)33)26-19(31)13(9-15(23)28)25-18(30)12(5-6-14(22)27)24-17(29)11(21)7-8-34-3/h10-13,16H,4-9,21H2,1-3H3,(H2,22,27)(H2,23,28)(H,24,29)(H,25,30)(H,26,31)(H,32,33). The largest absolute Gasteiger partial charge is 0.480 e. The first-order chi connectivity index (χ1) is 15.8. The molecular weight excluding hydrogens is 468 g/mol. The Kier molecular flexibility index (Phi) is 14.5. The Hall–Kier alpha value is -2.87. The number of nitrogens with two attached hydrogens (primary N) is 3. The highest BCUT2D eigenvalue weighted by molar-refractivity contribution is 7.98. The van der Waals surface area contributed by atoms with E-state index >= 15 is 0 Å². The van der Waals surface area contributed by atoms with Gasteiger partial charge in [0.2, 0.25) is 29.5 Å². The topological polar surface area (TPSA) is 237 Å². The van der Waals surface area contributed by atoms with E-state index in [0.29, 0.717) is 18.6 Å². The summed E-state index contributed by atoms with van der Waals surface area (Å²) in [6.07, 6.45) is 1.58. The third kappa shape index (κ3) is 11.8. The quantitative estimate of drug-likeness (QED) is 0.113. The van der Waals surface area contributed by atoms with Crippen molar-refractivity contribution in [2.75, 3.05) is 12.0 Å². The van der Waals surface area contributed by atoms with Gasteiger partial charge >= 0.3 is 5.97 Å². The summed E-state index contributed by atoms with van der Waals surface area (Å²) in [5, 5.41) is 16.4. The Morgan fingerprint density at radius 2 is 1.44 bits per heavy atom. The van der Waals surface area contributed by atoms with Crippen molar-refractivity contribution in [1.82, 2.24) is 16.0 Å². The fraction of sp³-hybridized carbons (Fsp3) is 0.700. The van der Waals surface area contributed by atoms with Crippen molar-refractivity contribution in [3.05, 3.63) is 0 Å². The number of hydrogen-bond acceptors (Lipinski definition) is 8. The monoisotopic (exact) mass is 504 g/mol. The highest BCUT2D eigenvalue weighted by atomic mass is 32.2. The maximum absolute atomic E-state index is 12.9. The minimum absolute atomic E-state index is 0.183. The second kappa shape index (κ2) is 15.9. The Balaban J connectivity index is 5.58. The van der Waals surface area contributed by atoms with E-state index in [4.69, 9.17) is 17.2 Å². The van der Waals surface area contributed by atoms with Crippen LogP contribution in [0.1, 0.15) is 46.0 Å². The van der Waals surface area contributed by atoms with E-state index in [1.54, 1.807) is 13.8 Å². The first-order valence-electron chi connectivity index (χ1n) is 10.8. The summed E-state index contributed by atoms with van der Waals surface area (Å²) >= 11 is 1.48. The maximum atomic E-state index is 12.9. The van der Waals surface area contributed by atoms with Gasteiger partial charge in [0.05, 0.1) is 12.5 Å². The number of carboxylic acid groups (broad SMARTS) is 1. The normalized spacial score (nSPS) is 15.2. The van der Waals surface area contributed by atoms with Crippen LogP contribution in [0.4, 0.5) is 0 Å². The van der Waals surface area contributed by atoms with Crippen LogP contribution in [-0.2, 0) is 28.8 Å². The summed E-state index contributed by atoms with van der Waals surface area (Å²) in [4.78, 5) is 72.2. The van der Waals surface area contributed by atoms with Crippen LogP contribution in [0.2, 0.25) is 0 Å². The third-order valence-corrected chi connectivity index (χ3v) is 5.74. The average molecular weight is 505 g/mol. The van der Waals surface area contributed by atoms with Crippen LogP contribution in [0.3, 0.4) is 0 Å². The van der Waals surface area contributed by atoms with Crippen LogP contribution in [0.5, 0.6) is 0 Å². The Labute approximate surface area is 202 Å². The number of aliphatic carboxylic acids is 1. The zero-order valence-corrected chi connectivity index (χ0v) is 20.5. The third-order valence-electron chi connectivity index (χ3n) is 5.10. The van der Waals surface area contributed by atoms with E-state index in [-0.39, 0.29) is 12.8 Å².